The van der Waals surface area contributed by atoms with Crippen LogP contribution in [-0.4, -0.2) is 24.8 Å². The smallest absolute Gasteiger partial charge is 0.269 e. The van der Waals surface area contributed by atoms with Crippen LogP contribution in [-0.2, 0) is 6.18 Å². The van der Waals surface area contributed by atoms with E-state index in [0.717, 1.165) is 4.40 Å². The lowest BCUT2D eigenvalue weighted by molar-refractivity contribution is -0.145. The third kappa shape index (κ3) is 2.70. The topological polar surface area (TPSA) is 47.4 Å². The highest BCUT2D eigenvalue weighted by molar-refractivity contribution is 8.00. The van der Waals surface area contributed by atoms with Crippen LogP contribution in [0.5, 0.6) is 0 Å². The van der Waals surface area contributed by atoms with E-state index in [2.05, 4.69) is 20.0 Å². The highest BCUT2D eigenvalue weighted by Gasteiger charge is 2.38. The van der Waals surface area contributed by atoms with Crippen molar-refractivity contribution in [3.05, 3.63) is 35.4 Å². The van der Waals surface area contributed by atoms with Crippen molar-refractivity contribution in [1.82, 2.24) is 19.6 Å². The third-order valence-corrected chi connectivity index (χ3v) is 3.97. The Kier molecular flexibility index (Phi) is 3.64. The van der Waals surface area contributed by atoms with Crippen LogP contribution in [0.1, 0.15) is 19.7 Å². The fourth-order valence-electron chi connectivity index (χ4n) is 2.15. The number of benzene rings is 1. The summed E-state index contributed by atoms with van der Waals surface area (Å²) in [7, 11) is 0. The fourth-order valence-corrected chi connectivity index (χ4v) is 2.99. The first-order valence-electron chi connectivity index (χ1n) is 6.61. The monoisotopic (exact) mass is 337 g/mol. The lowest BCUT2D eigenvalue weighted by Gasteiger charge is -2.11. The number of nitrogens with zero attached hydrogens (tertiary/aromatic N) is 5. The van der Waals surface area contributed by atoms with E-state index in [4.69, 9.17) is 6.57 Å². The van der Waals surface area contributed by atoms with Gasteiger partial charge in [-0.25, -0.2) is 9.83 Å². The van der Waals surface area contributed by atoms with Crippen LogP contribution >= 0.6 is 11.8 Å². The Morgan fingerprint density at radius 3 is 2.61 bits per heavy atom. The van der Waals surface area contributed by atoms with Gasteiger partial charge in [0.2, 0.25) is 5.82 Å². The van der Waals surface area contributed by atoms with Crippen molar-refractivity contribution in [3.63, 3.8) is 0 Å². The van der Waals surface area contributed by atoms with Crippen LogP contribution in [0.2, 0.25) is 0 Å². The molecule has 0 saturated carbocycles. The minimum Gasteiger partial charge on any atom is -0.269 e. The Morgan fingerprint density at radius 1 is 1.26 bits per heavy atom. The summed E-state index contributed by atoms with van der Waals surface area (Å²) in [6.07, 6.45) is -4.65. The summed E-state index contributed by atoms with van der Waals surface area (Å²) in [5.41, 5.74) is 0.801. The number of rotatable bonds is 2. The highest BCUT2D eigenvalue weighted by atomic mass is 32.2. The minimum atomic E-state index is -4.65. The lowest BCUT2D eigenvalue weighted by atomic mass is 10.2. The van der Waals surface area contributed by atoms with Crippen molar-refractivity contribution in [2.45, 2.75) is 30.3 Å². The van der Waals surface area contributed by atoms with E-state index in [-0.39, 0.29) is 22.1 Å². The van der Waals surface area contributed by atoms with Crippen molar-refractivity contribution in [3.8, 4) is 0 Å². The van der Waals surface area contributed by atoms with Crippen molar-refractivity contribution in [2.24, 2.45) is 0 Å². The first-order chi connectivity index (χ1) is 10.8. The number of thioether (sulfide) groups is 1. The van der Waals surface area contributed by atoms with Crippen molar-refractivity contribution in [2.75, 3.05) is 0 Å². The van der Waals surface area contributed by atoms with Crippen LogP contribution in [0.25, 0.3) is 21.5 Å². The molecule has 2 heterocycles. The summed E-state index contributed by atoms with van der Waals surface area (Å²) in [5.74, 6) is -1.12. The van der Waals surface area contributed by atoms with E-state index in [1.807, 2.05) is 13.8 Å². The second kappa shape index (κ2) is 5.38. The minimum absolute atomic E-state index is 0.0469. The SMILES string of the molecule is [C-]#[N+]c1ccc2nc(SC(C)C)c3nnc(C(F)(F)F)n3c2c1. The van der Waals surface area contributed by atoms with Crippen LogP contribution in [0, 0.1) is 6.57 Å². The molecular formula is C14H10F3N5S. The predicted molar refractivity (Wildman–Crippen MR) is 80.5 cm³/mol. The summed E-state index contributed by atoms with van der Waals surface area (Å²) in [5, 5.41) is 7.48. The van der Waals surface area contributed by atoms with Crippen molar-refractivity contribution < 1.29 is 13.2 Å². The van der Waals surface area contributed by atoms with E-state index in [1.54, 1.807) is 0 Å². The predicted octanol–water partition coefficient (Wildman–Crippen LogP) is 4.35. The molecule has 0 N–H and O–H groups in total. The van der Waals surface area contributed by atoms with E-state index >= 15 is 0 Å². The van der Waals surface area contributed by atoms with E-state index < -0.39 is 12.0 Å². The molecule has 0 aliphatic carbocycles. The average Bonchev–Trinajstić information content (AvgIpc) is 2.92. The molecule has 5 nitrogen and oxygen atoms in total. The molecule has 3 rings (SSSR count). The zero-order chi connectivity index (χ0) is 16.8. The van der Waals surface area contributed by atoms with Gasteiger partial charge < -0.3 is 0 Å². The van der Waals surface area contributed by atoms with Gasteiger partial charge in [0.1, 0.15) is 5.03 Å². The van der Waals surface area contributed by atoms with E-state index in [0.29, 0.717) is 10.5 Å². The highest BCUT2D eigenvalue weighted by Crippen LogP contribution is 2.34. The van der Waals surface area contributed by atoms with Gasteiger partial charge >= 0.3 is 6.18 Å². The van der Waals surface area contributed by atoms with Gasteiger partial charge in [0, 0.05) is 5.25 Å². The molecule has 0 spiro atoms. The average molecular weight is 337 g/mol. The summed E-state index contributed by atoms with van der Waals surface area (Å²) >= 11 is 1.31. The Bertz CT molecular complexity index is 939. The number of alkyl halides is 3. The molecule has 3 aromatic rings. The fraction of sp³-hybridized carbons (Fsp3) is 0.286. The van der Waals surface area contributed by atoms with E-state index in [9.17, 15) is 13.2 Å². The van der Waals surface area contributed by atoms with Crippen LogP contribution < -0.4 is 0 Å². The molecule has 0 saturated heterocycles. The zero-order valence-corrected chi connectivity index (χ0v) is 12.9. The Labute approximate surface area is 133 Å². The quantitative estimate of drug-likeness (QED) is 0.515. The number of halogens is 3. The molecule has 0 radical (unpaired) electrons. The van der Waals surface area contributed by atoms with Gasteiger partial charge in [-0.05, 0) is 12.1 Å². The molecule has 0 unspecified atom stereocenters. The summed E-state index contributed by atoms with van der Waals surface area (Å²) < 4.78 is 40.7. The first kappa shape index (κ1) is 15.6. The van der Waals surface area contributed by atoms with E-state index in [1.165, 1.54) is 30.0 Å². The molecule has 0 bridgehead atoms. The van der Waals surface area contributed by atoms with Gasteiger partial charge in [-0.3, -0.25) is 4.40 Å². The molecule has 0 aliphatic rings. The maximum absolute atomic E-state index is 13.2. The summed E-state index contributed by atoms with van der Waals surface area (Å²) in [6, 6.07) is 4.42. The Morgan fingerprint density at radius 2 is 2.00 bits per heavy atom. The first-order valence-corrected chi connectivity index (χ1v) is 7.49. The van der Waals surface area contributed by atoms with Gasteiger partial charge in [-0.2, -0.15) is 13.2 Å². The van der Waals surface area contributed by atoms with Gasteiger partial charge in [0.15, 0.2) is 11.3 Å². The van der Waals surface area contributed by atoms with Crippen molar-refractivity contribution in [1.29, 1.82) is 0 Å². The van der Waals surface area contributed by atoms with Gasteiger partial charge in [-0.15, -0.1) is 10.2 Å². The maximum atomic E-state index is 13.2. The number of hydrogen-bond acceptors (Lipinski definition) is 4. The molecule has 9 heteroatoms. The third-order valence-electron chi connectivity index (χ3n) is 3.01. The van der Waals surface area contributed by atoms with Crippen LogP contribution in [0.15, 0.2) is 23.2 Å². The second-order valence-electron chi connectivity index (χ2n) is 5.05. The van der Waals surface area contributed by atoms with Gasteiger partial charge in [-0.1, -0.05) is 31.7 Å². The molecule has 2 aromatic heterocycles. The number of hydrogen-bond donors (Lipinski definition) is 0. The molecular weight excluding hydrogens is 327 g/mol. The molecule has 1 aromatic carbocycles. The molecule has 118 valence electrons. The standard InChI is InChI=1S/C14H10F3N5S/c1-7(2)23-12-11-20-21-13(14(15,16)17)22(11)10-6-8(18-3)4-5-9(10)19-12/h4-7H,1-2H3. The molecule has 0 aliphatic heterocycles. The lowest BCUT2D eigenvalue weighted by Crippen LogP contribution is -2.12. The molecule has 23 heavy (non-hydrogen) atoms. The number of fused-ring (bicyclic) bond motifs is 3. The maximum Gasteiger partial charge on any atom is 0.452 e. The van der Waals surface area contributed by atoms with Crippen LogP contribution in [0.3, 0.4) is 0 Å². The molecule has 0 fully saturated rings. The number of aromatic nitrogens is 4. The van der Waals surface area contributed by atoms with Gasteiger partial charge in [0.25, 0.3) is 0 Å². The summed E-state index contributed by atoms with van der Waals surface area (Å²) in [4.78, 5) is 7.64. The zero-order valence-electron chi connectivity index (χ0n) is 12.1. The second-order valence-corrected chi connectivity index (χ2v) is 6.61. The largest absolute Gasteiger partial charge is 0.452 e. The molecule has 0 atom stereocenters. The Balaban J connectivity index is 2.45. The summed E-state index contributed by atoms with van der Waals surface area (Å²) in [6.45, 7) is 10.9. The molecule has 0 amide bonds. The van der Waals surface area contributed by atoms with Crippen molar-refractivity contribution >= 4 is 34.1 Å². The van der Waals surface area contributed by atoms with Crippen LogP contribution in [0.4, 0.5) is 18.9 Å². The van der Waals surface area contributed by atoms with Gasteiger partial charge in [0.05, 0.1) is 17.6 Å². The Hall–Kier alpha value is -2.34. The normalized spacial score (nSPS) is 12.2.